The first-order valence-electron chi connectivity index (χ1n) is 17.5. The molecule has 0 bridgehead atoms. The predicted octanol–water partition coefficient (Wildman–Crippen LogP) is 6.03. The number of aromatic nitrogens is 2. The first kappa shape index (κ1) is 32.3. The summed E-state index contributed by atoms with van der Waals surface area (Å²) in [6.45, 7) is 13.8. The van der Waals surface area contributed by atoms with Crippen LogP contribution in [-0.2, 0) is 12.0 Å². The van der Waals surface area contributed by atoms with Crippen molar-refractivity contribution in [2.75, 3.05) is 57.3 Å². The third-order valence-electron chi connectivity index (χ3n) is 11.6. The van der Waals surface area contributed by atoms with E-state index in [1.807, 2.05) is 36.5 Å². The van der Waals surface area contributed by atoms with Gasteiger partial charge in [0.25, 0.3) is 0 Å². The van der Waals surface area contributed by atoms with E-state index in [1.54, 1.807) is 6.07 Å². The molecule has 1 spiro atoms. The normalized spacial score (nSPS) is 21.4. The number of ether oxygens (including phenoxy) is 1. The van der Waals surface area contributed by atoms with Crippen LogP contribution in [0.2, 0.25) is 5.02 Å². The van der Waals surface area contributed by atoms with Gasteiger partial charge in [-0.25, -0.2) is 9.97 Å². The second-order valence-electron chi connectivity index (χ2n) is 14.8. The van der Waals surface area contributed by atoms with Crippen LogP contribution in [0.1, 0.15) is 74.8 Å². The molecule has 7 rings (SSSR count). The molecule has 2 aromatic carbocycles. The van der Waals surface area contributed by atoms with E-state index in [0.29, 0.717) is 28.6 Å². The summed E-state index contributed by atoms with van der Waals surface area (Å²) >= 11 is 6.29. The molecule has 1 saturated carbocycles. The number of hydrogen-bond donors (Lipinski definition) is 1. The molecule has 4 fully saturated rings. The molecule has 4 aliphatic rings. The summed E-state index contributed by atoms with van der Waals surface area (Å²) in [5.74, 6) is 1.59. The Labute approximate surface area is 285 Å². The van der Waals surface area contributed by atoms with Gasteiger partial charge in [0.05, 0.1) is 17.3 Å². The zero-order chi connectivity index (χ0) is 32.4. The molecule has 0 atom stereocenters. The van der Waals surface area contributed by atoms with Gasteiger partial charge in [0.2, 0.25) is 5.95 Å². The summed E-state index contributed by atoms with van der Waals surface area (Å²) in [6.07, 6.45) is 10.1. The highest BCUT2D eigenvalue weighted by molar-refractivity contribution is 6.30. The van der Waals surface area contributed by atoms with E-state index < -0.39 is 0 Å². The van der Waals surface area contributed by atoms with Gasteiger partial charge in [-0.05, 0) is 105 Å². The Hall–Kier alpha value is -3.22. The van der Waals surface area contributed by atoms with Crippen molar-refractivity contribution in [3.8, 4) is 11.8 Å². The van der Waals surface area contributed by atoms with E-state index in [4.69, 9.17) is 21.3 Å². The number of halogens is 1. The van der Waals surface area contributed by atoms with Crippen molar-refractivity contribution < 1.29 is 4.74 Å². The summed E-state index contributed by atoms with van der Waals surface area (Å²) in [4.78, 5) is 17.4. The van der Waals surface area contributed by atoms with Crippen LogP contribution in [-0.4, -0.2) is 84.2 Å². The summed E-state index contributed by atoms with van der Waals surface area (Å²) in [7, 11) is 0. The largest absolute Gasteiger partial charge is 0.487 e. The maximum absolute atomic E-state index is 9.38. The van der Waals surface area contributed by atoms with Crippen LogP contribution in [0.4, 0.5) is 5.95 Å². The number of nitrogens with one attached hydrogen (secondary N) is 1. The molecule has 1 N–H and O–H groups in total. The summed E-state index contributed by atoms with van der Waals surface area (Å²) in [5, 5.41) is 13.5. The van der Waals surface area contributed by atoms with Gasteiger partial charge >= 0.3 is 0 Å². The van der Waals surface area contributed by atoms with E-state index in [2.05, 4.69) is 57.0 Å². The Bertz CT molecular complexity index is 1560. The van der Waals surface area contributed by atoms with Crippen molar-refractivity contribution >= 4 is 17.5 Å². The number of likely N-dealkylation sites (tertiary alicyclic amines) is 1. The second-order valence-corrected chi connectivity index (χ2v) is 15.2. The number of piperazine rings is 1. The van der Waals surface area contributed by atoms with Crippen LogP contribution in [0.25, 0.3) is 0 Å². The van der Waals surface area contributed by atoms with Crippen LogP contribution in [0, 0.1) is 16.7 Å². The Morgan fingerprint density at radius 3 is 2.23 bits per heavy atom. The van der Waals surface area contributed by atoms with Gasteiger partial charge in [0, 0.05) is 68.0 Å². The van der Waals surface area contributed by atoms with E-state index in [9.17, 15) is 5.26 Å². The summed E-state index contributed by atoms with van der Waals surface area (Å²) in [6, 6.07) is 19.3. The molecule has 1 aromatic heterocycles. The highest BCUT2D eigenvalue weighted by Gasteiger charge is 2.42. The van der Waals surface area contributed by atoms with Gasteiger partial charge in [0.1, 0.15) is 12.4 Å². The van der Waals surface area contributed by atoms with Crippen LogP contribution in [0.3, 0.4) is 0 Å². The van der Waals surface area contributed by atoms with Crippen LogP contribution >= 0.6 is 11.6 Å². The quantitative estimate of drug-likeness (QED) is 0.316. The van der Waals surface area contributed by atoms with Crippen LogP contribution in [0.5, 0.6) is 5.75 Å². The Balaban J connectivity index is 0.876. The highest BCUT2D eigenvalue weighted by atomic mass is 35.5. The molecule has 3 aliphatic heterocycles. The molecule has 0 radical (unpaired) electrons. The van der Waals surface area contributed by atoms with Crippen molar-refractivity contribution in [2.45, 2.75) is 76.5 Å². The van der Waals surface area contributed by atoms with Gasteiger partial charge in [-0.1, -0.05) is 37.6 Å². The SMILES string of the molecule is CC(C)(c1ccc(OCc2ccnc(N3CCN(C4CCN(C5CCC6(CC5)CNC6)CC4)CC3)n2)cc1)c1cc(Cl)cc(C#N)c1. The average molecular weight is 654 g/mol. The molecular formula is C38H48ClN7O. The number of anilines is 1. The zero-order valence-corrected chi connectivity index (χ0v) is 28.7. The molecule has 0 unspecified atom stereocenters. The third kappa shape index (κ3) is 7.15. The third-order valence-corrected chi connectivity index (χ3v) is 11.8. The number of benzene rings is 2. The lowest BCUT2D eigenvalue weighted by molar-refractivity contribution is 0.0251. The fourth-order valence-corrected chi connectivity index (χ4v) is 8.47. The van der Waals surface area contributed by atoms with E-state index in [1.165, 1.54) is 64.7 Å². The van der Waals surface area contributed by atoms with Crippen molar-refractivity contribution in [3.63, 3.8) is 0 Å². The minimum atomic E-state index is -0.315. The minimum Gasteiger partial charge on any atom is -0.487 e. The first-order chi connectivity index (χ1) is 22.8. The topological polar surface area (TPSA) is 80.6 Å². The Morgan fingerprint density at radius 2 is 1.57 bits per heavy atom. The van der Waals surface area contributed by atoms with E-state index in [-0.39, 0.29) is 5.41 Å². The summed E-state index contributed by atoms with van der Waals surface area (Å²) < 4.78 is 6.14. The van der Waals surface area contributed by atoms with Crippen molar-refractivity contribution in [1.29, 1.82) is 5.26 Å². The van der Waals surface area contributed by atoms with Gasteiger partial charge < -0.3 is 19.9 Å². The van der Waals surface area contributed by atoms with E-state index in [0.717, 1.165) is 60.7 Å². The molecule has 47 heavy (non-hydrogen) atoms. The fourth-order valence-electron chi connectivity index (χ4n) is 8.24. The average Bonchev–Trinajstić information content (AvgIpc) is 3.10. The molecule has 0 amide bonds. The lowest BCUT2D eigenvalue weighted by Crippen LogP contribution is -2.58. The number of nitrogens with zero attached hydrogens (tertiary/aromatic N) is 6. The van der Waals surface area contributed by atoms with Crippen molar-refractivity contribution in [2.24, 2.45) is 5.41 Å². The number of piperidine rings is 1. The molecule has 8 nitrogen and oxygen atoms in total. The first-order valence-corrected chi connectivity index (χ1v) is 17.9. The molecule has 3 aromatic rings. The maximum atomic E-state index is 9.38. The van der Waals surface area contributed by atoms with E-state index >= 15 is 0 Å². The standard InChI is InChI=1S/C38H48ClN7O/c1-37(2,30-21-28(24-40)22-31(39)23-30)29-3-5-35(6-4-29)47-25-32-9-14-42-36(43-32)46-19-17-45(18-20-46)34-10-15-44(16-11-34)33-7-12-38(13-8-33)26-41-27-38/h3-6,9,14,21-23,33-34,41H,7-8,10-13,15-20,25-27H2,1-2H3. The Kier molecular flexibility index (Phi) is 9.44. The Morgan fingerprint density at radius 1 is 0.894 bits per heavy atom. The zero-order valence-electron chi connectivity index (χ0n) is 27.9. The van der Waals surface area contributed by atoms with Gasteiger partial charge in [-0.2, -0.15) is 5.26 Å². The van der Waals surface area contributed by atoms with Gasteiger partial charge in [-0.3, -0.25) is 4.90 Å². The molecule has 4 heterocycles. The number of rotatable bonds is 8. The van der Waals surface area contributed by atoms with Crippen molar-refractivity contribution in [3.05, 3.63) is 82.1 Å². The second kappa shape index (κ2) is 13.7. The smallest absolute Gasteiger partial charge is 0.225 e. The van der Waals surface area contributed by atoms with Crippen molar-refractivity contribution in [1.82, 2.24) is 25.1 Å². The monoisotopic (exact) mass is 653 g/mol. The maximum Gasteiger partial charge on any atom is 0.225 e. The predicted molar refractivity (Wildman–Crippen MR) is 187 cm³/mol. The fraction of sp³-hybridized carbons (Fsp3) is 0.553. The summed E-state index contributed by atoms with van der Waals surface area (Å²) in [5.41, 5.74) is 3.90. The van der Waals surface area contributed by atoms with Crippen LogP contribution < -0.4 is 15.0 Å². The van der Waals surface area contributed by atoms with Gasteiger partial charge in [0.15, 0.2) is 0 Å². The number of nitriles is 1. The number of hydrogen-bond acceptors (Lipinski definition) is 8. The molecular weight excluding hydrogens is 606 g/mol. The lowest BCUT2D eigenvalue weighted by atomic mass is 9.68. The molecule has 1 aliphatic carbocycles. The highest BCUT2D eigenvalue weighted by Crippen LogP contribution is 2.41. The lowest BCUT2D eigenvalue weighted by Gasteiger charge is -2.50. The molecule has 9 heteroatoms. The molecule has 248 valence electrons. The minimum absolute atomic E-state index is 0.315. The van der Waals surface area contributed by atoms with Crippen LogP contribution in [0.15, 0.2) is 54.7 Å². The molecule has 3 saturated heterocycles. The van der Waals surface area contributed by atoms with Gasteiger partial charge in [-0.15, -0.1) is 0 Å².